The Kier molecular flexibility index (Phi) is 4.50. The number of amides is 1. The van der Waals surface area contributed by atoms with Crippen LogP contribution in [0.2, 0.25) is 0 Å². The number of hydrogen-bond acceptors (Lipinski definition) is 6. The molecule has 7 nitrogen and oxygen atoms in total. The van der Waals surface area contributed by atoms with E-state index >= 15 is 0 Å². The number of aromatic nitrogens is 2. The lowest BCUT2D eigenvalue weighted by molar-refractivity contribution is -0.121. The van der Waals surface area contributed by atoms with Gasteiger partial charge >= 0.3 is 0 Å². The molecule has 3 aromatic rings. The molecule has 0 saturated carbocycles. The first-order valence-electron chi connectivity index (χ1n) is 9.98. The molecule has 2 aromatic carbocycles. The number of para-hydroxylation sites is 1. The lowest BCUT2D eigenvalue weighted by Crippen LogP contribution is -2.47. The fourth-order valence-electron chi connectivity index (χ4n) is 4.32. The van der Waals surface area contributed by atoms with Gasteiger partial charge in [-0.1, -0.05) is 18.2 Å². The Morgan fingerprint density at radius 1 is 1.00 bits per heavy atom. The van der Waals surface area contributed by atoms with Crippen molar-refractivity contribution in [3.8, 4) is 17.2 Å². The van der Waals surface area contributed by atoms with E-state index in [9.17, 15) is 4.79 Å². The van der Waals surface area contributed by atoms with E-state index in [1.165, 1.54) is 0 Å². The molecule has 7 heteroatoms. The monoisotopic (exact) mass is 402 g/mol. The summed E-state index contributed by atoms with van der Waals surface area (Å²) in [5, 5.41) is 3.07. The smallest absolute Gasteiger partial charge is 0.235 e. The van der Waals surface area contributed by atoms with E-state index < -0.39 is 5.41 Å². The van der Waals surface area contributed by atoms with Gasteiger partial charge < -0.3 is 19.7 Å². The normalized spacial score (nSPS) is 16.8. The number of benzene rings is 2. The van der Waals surface area contributed by atoms with Crippen LogP contribution in [0.4, 0.5) is 11.6 Å². The van der Waals surface area contributed by atoms with Gasteiger partial charge in [0.25, 0.3) is 0 Å². The van der Waals surface area contributed by atoms with Gasteiger partial charge in [-0.05, 0) is 42.7 Å². The highest BCUT2D eigenvalue weighted by molar-refractivity contribution is 6.07. The zero-order chi connectivity index (χ0) is 20.6. The van der Waals surface area contributed by atoms with Crippen molar-refractivity contribution in [3.05, 3.63) is 66.5 Å². The number of carbonyl (C=O) groups is 1. The molecule has 3 heterocycles. The zero-order valence-corrected chi connectivity index (χ0v) is 16.7. The molecule has 0 bridgehead atoms. The largest absolute Gasteiger partial charge is 0.493 e. The number of methoxy groups -OCH3 is 1. The van der Waals surface area contributed by atoms with Gasteiger partial charge in [0.2, 0.25) is 11.9 Å². The molecule has 1 aromatic heterocycles. The molecule has 0 atom stereocenters. The first-order valence-corrected chi connectivity index (χ1v) is 9.98. The summed E-state index contributed by atoms with van der Waals surface area (Å²) in [6, 6.07) is 15.1. The van der Waals surface area contributed by atoms with E-state index in [0.717, 1.165) is 11.3 Å². The van der Waals surface area contributed by atoms with Gasteiger partial charge in [0.15, 0.2) is 11.5 Å². The van der Waals surface area contributed by atoms with E-state index in [-0.39, 0.29) is 5.91 Å². The van der Waals surface area contributed by atoms with Crippen molar-refractivity contribution in [1.29, 1.82) is 0 Å². The first kappa shape index (κ1) is 18.4. The molecule has 1 N–H and O–H groups in total. The summed E-state index contributed by atoms with van der Waals surface area (Å²) < 4.78 is 11.6. The van der Waals surface area contributed by atoms with Crippen LogP contribution in [0, 0.1) is 0 Å². The number of fused-ring (bicyclic) bond motifs is 2. The van der Waals surface area contributed by atoms with Gasteiger partial charge in [-0.2, -0.15) is 0 Å². The van der Waals surface area contributed by atoms with Crippen LogP contribution >= 0.6 is 0 Å². The predicted octanol–water partition coefficient (Wildman–Crippen LogP) is 3.77. The maximum Gasteiger partial charge on any atom is 0.235 e. The number of rotatable bonds is 4. The van der Waals surface area contributed by atoms with Crippen molar-refractivity contribution in [2.75, 3.05) is 30.4 Å². The molecular formula is C23H22N4O3. The Hall–Kier alpha value is -3.61. The lowest BCUT2D eigenvalue weighted by Gasteiger charge is -2.38. The van der Waals surface area contributed by atoms with Crippen molar-refractivity contribution in [2.45, 2.75) is 18.3 Å². The van der Waals surface area contributed by atoms with Gasteiger partial charge in [-0.3, -0.25) is 4.79 Å². The first-order chi connectivity index (χ1) is 14.7. The molecule has 0 radical (unpaired) electrons. The summed E-state index contributed by atoms with van der Waals surface area (Å²) in [6.45, 7) is 1.42. The second-order valence-corrected chi connectivity index (χ2v) is 7.54. The van der Waals surface area contributed by atoms with Crippen LogP contribution in [0.3, 0.4) is 0 Å². The molecule has 152 valence electrons. The van der Waals surface area contributed by atoms with E-state index in [1.807, 2.05) is 42.5 Å². The predicted molar refractivity (Wildman–Crippen MR) is 113 cm³/mol. The lowest BCUT2D eigenvalue weighted by atomic mass is 9.73. The SMILES string of the molecule is COc1cc2c(cc1Oc1ccccc1)NC(=O)C21CCN(c2ncccn2)CC1. The number of ether oxygens (including phenoxy) is 2. The summed E-state index contributed by atoms with van der Waals surface area (Å²) in [4.78, 5) is 23.9. The number of nitrogens with zero attached hydrogens (tertiary/aromatic N) is 3. The van der Waals surface area contributed by atoms with Crippen LogP contribution < -0.4 is 19.7 Å². The molecule has 30 heavy (non-hydrogen) atoms. The third-order valence-corrected chi connectivity index (χ3v) is 5.93. The highest BCUT2D eigenvalue weighted by atomic mass is 16.5. The quantitative estimate of drug-likeness (QED) is 0.716. The maximum atomic E-state index is 13.1. The topological polar surface area (TPSA) is 76.6 Å². The second kappa shape index (κ2) is 7.33. The molecule has 2 aliphatic heterocycles. The van der Waals surface area contributed by atoms with Crippen LogP contribution in [0.1, 0.15) is 18.4 Å². The molecule has 2 aliphatic rings. The molecule has 1 fully saturated rings. The highest BCUT2D eigenvalue weighted by Crippen LogP contribution is 2.49. The number of hydrogen-bond donors (Lipinski definition) is 1. The van der Waals surface area contributed by atoms with Crippen molar-refractivity contribution in [3.63, 3.8) is 0 Å². The number of nitrogens with one attached hydrogen (secondary N) is 1. The average molecular weight is 402 g/mol. The molecule has 0 aliphatic carbocycles. The minimum Gasteiger partial charge on any atom is -0.493 e. The number of carbonyl (C=O) groups excluding carboxylic acids is 1. The molecule has 0 unspecified atom stereocenters. The minimum absolute atomic E-state index is 0.0324. The van der Waals surface area contributed by atoms with Crippen molar-refractivity contribution in [1.82, 2.24) is 9.97 Å². The maximum absolute atomic E-state index is 13.1. The highest BCUT2D eigenvalue weighted by Gasteiger charge is 2.49. The molecule has 1 spiro atoms. The molecule has 1 amide bonds. The van der Waals surface area contributed by atoms with Gasteiger partial charge in [-0.15, -0.1) is 0 Å². The van der Waals surface area contributed by atoms with Crippen LogP contribution in [-0.2, 0) is 10.2 Å². The third-order valence-electron chi connectivity index (χ3n) is 5.93. The summed E-state index contributed by atoms with van der Waals surface area (Å²) in [6.07, 6.45) is 4.85. The summed E-state index contributed by atoms with van der Waals surface area (Å²) in [5.74, 6) is 2.64. The Bertz CT molecular complexity index is 1060. The standard InChI is InChI=1S/C23H22N4O3/c1-29-19-14-17-18(15-20(19)30-16-6-3-2-4-7-16)26-21(28)23(17)8-12-27(13-9-23)22-24-10-5-11-25-22/h2-7,10-11,14-15H,8-9,12-13H2,1H3,(H,26,28). The Labute approximate surface area is 174 Å². The molecule has 1 saturated heterocycles. The third kappa shape index (κ3) is 3.03. The van der Waals surface area contributed by atoms with E-state index in [4.69, 9.17) is 9.47 Å². The second-order valence-electron chi connectivity index (χ2n) is 7.54. The van der Waals surface area contributed by atoms with Gasteiger partial charge in [0.05, 0.1) is 12.5 Å². The van der Waals surface area contributed by atoms with E-state index in [2.05, 4.69) is 20.2 Å². The van der Waals surface area contributed by atoms with E-state index in [1.54, 1.807) is 25.6 Å². The van der Waals surface area contributed by atoms with Crippen molar-refractivity contribution < 1.29 is 14.3 Å². The fourth-order valence-corrected chi connectivity index (χ4v) is 4.32. The van der Waals surface area contributed by atoms with Crippen LogP contribution in [0.5, 0.6) is 17.2 Å². The van der Waals surface area contributed by atoms with Gasteiger partial charge in [-0.25, -0.2) is 9.97 Å². The van der Waals surface area contributed by atoms with Crippen molar-refractivity contribution >= 4 is 17.5 Å². The molecule has 5 rings (SSSR count). The Morgan fingerprint density at radius 2 is 1.73 bits per heavy atom. The summed E-state index contributed by atoms with van der Waals surface area (Å²) >= 11 is 0. The molecular weight excluding hydrogens is 380 g/mol. The number of anilines is 2. The van der Waals surface area contributed by atoms with Crippen LogP contribution in [0.25, 0.3) is 0 Å². The Balaban J connectivity index is 1.44. The number of piperidine rings is 1. The average Bonchev–Trinajstić information content (AvgIpc) is 3.05. The summed E-state index contributed by atoms with van der Waals surface area (Å²) in [5.41, 5.74) is 1.19. The van der Waals surface area contributed by atoms with Gasteiger partial charge in [0, 0.05) is 37.2 Å². The zero-order valence-electron chi connectivity index (χ0n) is 16.7. The van der Waals surface area contributed by atoms with Crippen molar-refractivity contribution in [2.24, 2.45) is 0 Å². The van der Waals surface area contributed by atoms with Crippen LogP contribution in [-0.4, -0.2) is 36.1 Å². The van der Waals surface area contributed by atoms with Crippen LogP contribution in [0.15, 0.2) is 60.9 Å². The van der Waals surface area contributed by atoms with Gasteiger partial charge in [0.1, 0.15) is 5.75 Å². The summed E-state index contributed by atoms with van der Waals surface area (Å²) in [7, 11) is 1.62. The fraction of sp³-hybridized carbons (Fsp3) is 0.261. The minimum atomic E-state index is -0.570. The van der Waals surface area contributed by atoms with E-state index in [0.29, 0.717) is 49.1 Å². The Morgan fingerprint density at radius 3 is 2.43 bits per heavy atom.